The zero-order valence-electron chi connectivity index (χ0n) is 11.4. The molecule has 0 saturated carbocycles. The number of alkyl halides is 3. The van der Waals surface area contributed by atoms with Crippen molar-refractivity contribution in [2.75, 3.05) is 12.8 Å². The van der Waals surface area contributed by atoms with Crippen molar-refractivity contribution in [3.05, 3.63) is 15.6 Å². The van der Waals surface area contributed by atoms with Gasteiger partial charge in [-0.1, -0.05) is 13.8 Å². The normalized spacial score (nSPS) is 13.2. The van der Waals surface area contributed by atoms with Gasteiger partial charge in [0.15, 0.2) is 15.5 Å². The SMILES string of the molecule is CC(C)CNCc1sc(CS(C)(=O)=O)nc1C(F)(F)F. The van der Waals surface area contributed by atoms with Gasteiger partial charge in [0.25, 0.3) is 0 Å². The predicted molar refractivity (Wildman–Crippen MR) is 72.2 cm³/mol. The summed E-state index contributed by atoms with van der Waals surface area (Å²) in [5.74, 6) is -0.155. The Labute approximate surface area is 120 Å². The summed E-state index contributed by atoms with van der Waals surface area (Å²) >= 11 is 0.792. The van der Waals surface area contributed by atoms with Gasteiger partial charge in [0.2, 0.25) is 0 Å². The highest BCUT2D eigenvalue weighted by Gasteiger charge is 2.37. The van der Waals surface area contributed by atoms with Crippen LogP contribution in [0.4, 0.5) is 13.2 Å². The van der Waals surface area contributed by atoms with Crippen LogP contribution in [0, 0.1) is 5.92 Å². The first-order valence-electron chi connectivity index (χ1n) is 5.93. The summed E-state index contributed by atoms with van der Waals surface area (Å²) in [6.45, 7) is 4.50. The molecule has 0 radical (unpaired) electrons. The Morgan fingerprint density at radius 3 is 2.40 bits per heavy atom. The molecule has 1 rings (SSSR count). The van der Waals surface area contributed by atoms with Crippen LogP contribution in [-0.4, -0.2) is 26.2 Å². The van der Waals surface area contributed by atoms with Crippen LogP contribution in [0.25, 0.3) is 0 Å². The first kappa shape index (κ1) is 17.4. The lowest BCUT2D eigenvalue weighted by Crippen LogP contribution is -2.20. The molecule has 0 amide bonds. The van der Waals surface area contributed by atoms with Crippen LogP contribution in [0.5, 0.6) is 0 Å². The van der Waals surface area contributed by atoms with Crippen LogP contribution < -0.4 is 5.32 Å². The second-order valence-corrected chi connectivity index (χ2v) is 8.28. The molecule has 0 atom stereocenters. The third kappa shape index (κ3) is 5.76. The minimum atomic E-state index is -4.57. The summed E-state index contributed by atoms with van der Waals surface area (Å²) in [5, 5.41) is 2.88. The van der Waals surface area contributed by atoms with Crippen LogP contribution in [0.15, 0.2) is 0 Å². The lowest BCUT2D eigenvalue weighted by molar-refractivity contribution is -0.141. The lowest BCUT2D eigenvalue weighted by atomic mass is 10.2. The summed E-state index contributed by atoms with van der Waals surface area (Å²) < 4.78 is 60.8. The fourth-order valence-corrected chi connectivity index (χ4v) is 3.75. The van der Waals surface area contributed by atoms with Crippen molar-refractivity contribution in [1.29, 1.82) is 0 Å². The van der Waals surface area contributed by atoms with Crippen LogP contribution >= 0.6 is 11.3 Å². The maximum Gasteiger partial charge on any atom is 0.434 e. The second-order valence-electron chi connectivity index (χ2n) is 4.97. The molecular formula is C11H17F3N2O2S2. The predicted octanol–water partition coefficient (Wildman–Crippen LogP) is 2.45. The molecule has 1 aromatic rings. The molecule has 0 fully saturated rings. The van der Waals surface area contributed by atoms with Crippen molar-refractivity contribution in [2.24, 2.45) is 5.92 Å². The molecule has 0 aliphatic carbocycles. The van der Waals surface area contributed by atoms with Crippen LogP contribution in [0.1, 0.15) is 29.4 Å². The highest BCUT2D eigenvalue weighted by Crippen LogP contribution is 2.34. The van der Waals surface area contributed by atoms with Gasteiger partial charge in [-0.05, 0) is 12.5 Å². The number of hydrogen-bond acceptors (Lipinski definition) is 5. The number of nitrogens with one attached hydrogen (secondary N) is 1. The Kier molecular flexibility index (Phi) is 5.56. The molecule has 0 bridgehead atoms. The molecule has 0 aromatic carbocycles. The molecule has 1 N–H and O–H groups in total. The first-order chi connectivity index (χ1) is 8.99. The molecule has 116 valence electrons. The summed E-state index contributed by atoms with van der Waals surface area (Å²) in [5.41, 5.74) is -0.989. The Balaban J connectivity index is 2.95. The van der Waals surface area contributed by atoms with Crippen molar-refractivity contribution in [1.82, 2.24) is 10.3 Å². The van der Waals surface area contributed by atoms with Gasteiger partial charge >= 0.3 is 6.18 Å². The van der Waals surface area contributed by atoms with Gasteiger partial charge in [-0.15, -0.1) is 11.3 Å². The highest BCUT2D eigenvalue weighted by atomic mass is 32.2. The summed E-state index contributed by atoms with van der Waals surface area (Å²) in [7, 11) is -3.40. The summed E-state index contributed by atoms with van der Waals surface area (Å²) in [4.78, 5) is 3.46. The fraction of sp³-hybridized carbons (Fsp3) is 0.727. The van der Waals surface area contributed by atoms with Crippen molar-refractivity contribution in [3.8, 4) is 0 Å². The van der Waals surface area contributed by atoms with Gasteiger partial charge in [-0.25, -0.2) is 13.4 Å². The standard InChI is InChI=1S/C11H17F3N2O2S2/c1-7(2)4-15-5-8-10(11(12,13)14)16-9(19-8)6-20(3,17)18/h7,15H,4-6H2,1-3H3. The topological polar surface area (TPSA) is 59.1 Å². The first-order valence-corrected chi connectivity index (χ1v) is 8.81. The molecule has 4 nitrogen and oxygen atoms in total. The third-order valence-corrected chi connectivity index (χ3v) is 4.27. The number of nitrogens with zero attached hydrogens (tertiary/aromatic N) is 1. The number of aromatic nitrogens is 1. The van der Waals surface area contributed by atoms with E-state index in [4.69, 9.17) is 0 Å². The van der Waals surface area contributed by atoms with Crippen LogP contribution in [0.2, 0.25) is 0 Å². The van der Waals surface area contributed by atoms with E-state index in [1.165, 1.54) is 0 Å². The minimum Gasteiger partial charge on any atom is -0.312 e. The highest BCUT2D eigenvalue weighted by molar-refractivity contribution is 7.90. The van der Waals surface area contributed by atoms with Crippen molar-refractivity contribution in [3.63, 3.8) is 0 Å². The van der Waals surface area contributed by atoms with E-state index < -0.39 is 27.5 Å². The molecule has 0 unspecified atom stereocenters. The number of hydrogen-bond donors (Lipinski definition) is 1. The number of rotatable bonds is 6. The van der Waals surface area contributed by atoms with E-state index >= 15 is 0 Å². The molecule has 1 heterocycles. The lowest BCUT2D eigenvalue weighted by Gasteiger charge is -2.08. The fourth-order valence-electron chi connectivity index (χ4n) is 1.50. The molecule has 0 aliphatic rings. The Hall–Kier alpha value is -0.670. The average Bonchev–Trinajstić information content (AvgIpc) is 2.57. The molecular weight excluding hydrogens is 313 g/mol. The molecule has 0 aliphatic heterocycles. The quantitative estimate of drug-likeness (QED) is 0.870. The molecule has 0 saturated heterocycles. The third-order valence-electron chi connectivity index (χ3n) is 2.23. The molecule has 9 heteroatoms. The van der Waals surface area contributed by atoms with E-state index in [0.717, 1.165) is 17.6 Å². The van der Waals surface area contributed by atoms with E-state index in [1.807, 2.05) is 13.8 Å². The zero-order chi connectivity index (χ0) is 15.6. The minimum absolute atomic E-state index is 0.0248. The summed E-state index contributed by atoms with van der Waals surface area (Å²) in [6.07, 6.45) is -3.60. The van der Waals surface area contributed by atoms with Crippen LogP contribution in [0.3, 0.4) is 0 Å². The van der Waals surface area contributed by atoms with E-state index in [9.17, 15) is 21.6 Å². The Morgan fingerprint density at radius 1 is 1.35 bits per heavy atom. The maximum absolute atomic E-state index is 12.8. The second kappa shape index (κ2) is 6.40. The van der Waals surface area contributed by atoms with Gasteiger partial charge in [0.05, 0.1) is 4.88 Å². The van der Waals surface area contributed by atoms with Gasteiger partial charge in [0, 0.05) is 12.8 Å². The van der Waals surface area contributed by atoms with E-state index in [1.54, 1.807) is 0 Å². The maximum atomic E-state index is 12.8. The van der Waals surface area contributed by atoms with E-state index in [2.05, 4.69) is 10.3 Å². The smallest absolute Gasteiger partial charge is 0.312 e. The van der Waals surface area contributed by atoms with E-state index in [-0.39, 0.29) is 16.4 Å². The number of sulfone groups is 1. The molecule has 0 spiro atoms. The van der Waals surface area contributed by atoms with Gasteiger partial charge < -0.3 is 5.32 Å². The summed E-state index contributed by atoms with van der Waals surface area (Å²) in [6, 6.07) is 0. The van der Waals surface area contributed by atoms with E-state index in [0.29, 0.717) is 12.5 Å². The van der Waals surface area contributed by atoms with Gasteiger partial charge in [-0.2, -0.15) is 13.2 Å². The van der Waals surface area contributed by atoms with Crippen molar-refractivity contribution >= 4 is 21.2 Å². The molecule has 20 heavy (non-hydrogen) atoms. The molecule has 1 aromatic heterocycles. The zero-order valence-corrected chi connectivity index (χ0v) is 13.0. The largest absolute Gasteiger partial charge is 0.434 e. The number of thiazole rings is 1. The van der Waals surface area contributed by atoms with Crippen molar-refractivity contribution in [2.45, 2.75) is 32.3 Å². The monoisotopic (exact) mass is 330 g/mol. The van der Waals surface area contributed by atoms with Crippen LogP contribution in [-0.2, 0) is 28.3 Å². The van der Waals surface area contributed by atoms with Crippen molar-refractivity contribution < 1.29 is 21.6 Å². The van der Waals surface area contributed by atoms with Gasteiger partial charge in [0.1, 0.15) is 10.8 Å². The Morgan fingerprint density at radius 2 is 1.95 bits per heavy atom. The number of halogens is 3. The van der Waals surface area contributed by atoms with Gasteiger partial charge in [-0.3, -0.25) is 0 Å². The average molecular weight is 330 g/mol. The Bertz CT molecular complexity index is 551.